The second-order valence-corrected chi connectivity index (χ2v) is 4.72. The number of anilines is 1. The summed E-state index contributed by atoms with van der Waals surface area (Å²) in [5.41, 5.74) is 7.45. The zero-order valence-electron chi connectivity index (χ0n) is 12.2. The Morgan fingerprint density at radius 2 is 1.57 bits per heavy atom. The van der Waals surface area contributed by atoms with E-state index in [1.54, 1.807) is 37.4 Å². The van der Waals surface area contributed by atoms with Crippen LogP contribution in [0.15, 0.2) is 48.7 Å². The monoisotopic (exact) mass is 314 g/mol. The third kappa shape index (κ3) is 3.43. The Morgan fingerprint density at radius 3 is 2.17 bits per heavy atom. The maximum atomic E-state index is 10.5. The van der Waals surface area contributed by atoms with E-state index in [1.807, 2.05) is 6.07 Å². The topological polar surface area (TPSA) is 128 Å². The third-order valence-corrected chi connectivity index (χ3v) is 3.31. The minimum absolute atomic E-state index is 0.0741. The number of nitro groups is 2. The summed E-state index contributed by atoms with van der Waals surface area (Å²) in [6.07, 6.45) is 1.69. The lowest BCUT2D eigenvalue weighted by molar-refractivity contribution is -0.385. The SMILES string of the molecule is Cc1c(N)cccc1[N+](=O)[O-].O=[N+]([O-])c1cccc2[nH]ccc12. The van der Waals surface area contributed by atoms with Crippen LogP contribution in [0.3, 0.4) is 0 Å². The number of nitrogens with one attached hydrogen (secondary N) is 1. The molecule has 0 saturated heterocycles. The molecule has 2 aromatic carbocycles. The fourth-order valence-electron chi connectivity index (χ4n) is 2.07. The molecule has 0 fully saturated rings. The van der Waals surface area contributed by atoms with Gasteiger partial charge in [0.15, 0.2) is 0 Å². The Labute approximate surface area is 130 Å². The van der Waals surface area contributed by atoms with E-state index in [0.717, 1.165) is 5.52 Å². The van der Waals surface area contributed by atoms with Crippen molar-refractivity contribution in [1.82, 2.24) is 4.98 Å². The molecule has 0 aliphatic carbocycles. The van der Waals surface area contributed by atoms with Crippen molar-refractivity contribution in [3.8, 4) is 0 Å². The molecule has 8 heteroatoms. The van der Waals surface area contributed by atoms with Crippen molar-refractivity contribution in [3.05, 3.63) is 74.5 Å². The van der Waals surface area contributed by atoms with Crippen LogP contribution in [0.4, 0.5) is 17.1 Å². The van der Waals surface area contributed by atoms with Gasteiger partial charge in [-0.1, -0.05) is 12.1 Å². The molecule has 0 aliphatic heterocycles. The van der Waals surface area contributed by atoms with E-state index in [4.69, 9.17) is 5.73 Å². The maximum absolute atomic E-state index is 10.5. The van der Waals surface area contributed by atoms with Crippen molar-refractivity contribution in [2.45, 2.75) is 6.92 Å². The maximum Gasteiger partial charge on any atom is 0.278 e. The Bertz CT molecular complexity index is 873. The average Bonchev–Trinajstić information content (AvgIpc) is 2.98. The number of rotatable bonds is 2. The highest BCUT2D eigenvalue weighted by molar-refractivity contribution is 5.88. The normalized spacial score (nSPS) is 9.96. The first-order valence-electron chi connectivity index (χ1n) is 6.61. The van der Waals surface area contributed by atoms with Gasteiger partial charge in [-0.25, -0.2) is 0 Å². The summed E-state index contributed by atoms with van der Waals surface area (Å²) in [6.45, 7) is 1.63. The number of non-ortho nitro benzene ring substituents is 1. The van der Waals surface area contributed by atoms with Crippen LogP contribution in [0.5, 0.6) is 0 Å². The van der Waals surface area contributed by atoms with Gasteiger partial charge in [-0.3, -0.25) is 20.2 Å². The Kier molecular flexibility index (Phi) is 4.55. The number of aromatic amines is 1. The predicted octanol–water partition coefficient (Wildman–Crippen LogP) is 3.56. The van der Waals surface area contributed by atoms with E-state index < -0.39 is 4.92 Å². The van der Waals surface area contributed by atoms with E-state index in [2.05, 4.69) is 4.98 Å². The number of nitrogens with zero attached hydrogens (tertiary/aromatic N) is 2. The lowest BCUT2D eigenvalue weighted by Gasteiger charge is -1.98. The van der Waals surface area contributed by atoms with Gasteiger partial charge in [0, 0.05) is 29.6 Å². The molecule has 3 rings (SSSR count). The molecule has 8 nitrogen and oxygen atoms in total. The highest BCUT2D eigenvalue weighted by Gasteiger charge is 2.11. The number of hydrogen-bond donors (Lipinski definition) is 2. The summed E-state index contributed by atoms with van der Waals surface area (Å²) in [7, 11) is 0. The van der Waals surface area contributed by atoms with Gasteiger partial charge < -0.3 is 10.7 Å². The van der Waals surface area contributed by atoms with Crippen LogP contribution in [0.1, 0.15) is 5.56 Å². The van der Waals surface area contributed by atoms with E-state index in [1.165, 1.54) is 12.1 Å². The number of nitrogens with two attached hydrogens (primary N) is 1. The summed E-state index contributed by atoms with van der Waals surface area (Å²) in [5.74, 6) is 0. The van der Waals surface area contributed by atoms with E-state index >= 15 is 0 Å². The van der Waals surface area contributed by atoms with Crippen LogP contribution in [-0.2, 0) is 0 Å². The highest BCUT2D eigenvalue weighted by Crippen LogP contribution is 2.23. The molecule has 0 atom stereocenters. The number of H-pyrrole nitrogens is 1. The summed E-state index contributed by atoms with van der Waals surface area (Å²) >= 11 is 0. The van der Waals surface area contributed by atoms with Gasteiger partial charge in [-0.15, -0.1) is 0 Å². The lowest BCUT2D eigenvalue weighted by Crippen LogP contribution is -1.95. The van der Waals surface area contributed by atoms with Crippen LogP contribution in [0.2, 0.25) is 0 Å². The lowest BCUT2D eigenvalue weighted by atomic mass is 10.2. The second kappa shape index (κ2) is 6.56. The molecule has 0 unspecified atom stereocenters. The molecular weight excluding hydrogens is 300 g/mol. The molecular formula is C15H14N4O4. The fourth-order valence-corrected chi connectivity index (χ4v) is 2.07. The van der Waals surface area contributed by atoms with Crippen LogP contribution >= 0.6 is 0 Å². The summed E-state index contributed by atoms with van der Waals surface area (Å²) < 4.78 is 0. The van der Waals surface area contributed by atoms with Crippen molar-refractivity contribution >= 4 is 28.0 Å². The zero-order chi connectivity index (χ0) is 17.0. The number of benzene rings is 2. The van der Waals surface area contributed by atoms with Crippen LogP contribution in [0.25, 0.3) is 10.9 Å². The molecule has 0 aliphatic rings. The van der Waals surface area contributed by atoms with Gasteiger partial charge in [-0.2, -0.15) is 0 Å². The first-order valence-corrected chi connectivity index (χ1v) is 6.61. The van der Waals surface area contributed by atoms with Crippen molar-refractivity contribution in [2.75, 3.05) is 5.73 Å². The molecule has 118 valence electrons. The van der Waals surface area contributed by atoms with Gasteiger partial charge in [0.1, 0.15) is 0 Å². The average molecular weight is 314 g/mol. The quantitative estimate of drug-likeness (QED) is 0.424. The molecule has 0 spiro atoms. The van der Waals surface area contributed by atoms with Crippen molar-refractivity contribution in [2.24, 2.45) is 0 Å². The summed E-state index contributed by atoms with van der Waals surface area (Å²) in [6, 6.07) is 11.3. The molecule has 0 saturated carbocycles. The molecule has 3 aromatic rings. The Hall–Kier alpha value is -3.42. The summed E-state index contributed by atoms with van der Waals surface area (Å²) in [5, 5.41) is 21.5. The number of nitrogen functional groups attached to an aromatic ring is 1. The molecule has 0 amide bonds. The largest absolute Gasteiger partial charge is 0.398 e. The Balaban J connectivity index is 0.000000168. The molecule has 0 bridgehead atoms. The second-order valence-electron chi connectivity index (χ2n) is 4.72. The number of hydrogen-bond acceptors (Lipinski definition) is 5. The van der Waals surface area contributed by atoms with E-state index in [0.29, 0.717) is 16.6 Å². The number of aromatic nitrogens is 1. The minimum Gasteiger partial charge on any atom is -0.398 e. The van der Waals surface area contributed by atoms with Crippen molar-refractivity contribution < 1.29 is 9.85 Å². The molecule has 0 radical (unpaired) electrons. The third-order valence-electron chi connectivity index (χ3n) is 3.31. The van der Waals surface area contributed by atoms with Gasteiger partial charge in [0.2, 0.25) is 0 Å². The standard InChI is InChI=1S/C8H6N2O2.C7H8N2O2/c11-10(12)8-3-1-2-7-6(8)4-5-9-7;1-5-6(8)3-2-4-7(5)9(10)11/h1-5,9H;2-4H,8H2,1H3. The van der Waals surface area contributed by atoms with Crippen LogP contribution < -0.4 is 5.73 Å². The first-order chi connectivity index (χ1) is 10.9. The summed E-state index contributed by atoms with van der Waals surface area (Å²) in [4.78, 5) is 22.9. The van der Waals surface area contributed by atoms with E-state index in [-0.39, 0.29) is 16.3 Å². The smallest absolute Gasteiger partial charge is 0.278 e. The number of fused-ring (bicyclic) bond motifs is 1. The molecule has 3 N–H and O–H groups in total. The Morgan fingerprint density at radius 1 is 0.957 bits per heavy atom. The van der Waals surface area contributed by atoms with Gasteiger partial charge in [0.05, 0.1) is 20.7 Å². The van der Waals surface area contributed by atoms with Crippen LogP contribution in [-0.4, -0.2) is 14.8 Å². The van der Waals surface area contributed by atoms with Gasteiger partial charge in [-0.05, 0) is 25.1 Å². The first kappa shape index (κ1) is 16.0. The molecule has 1 heterocycles. The van der Waals surface area contributed by atoms with Gasteiger partial charge in [0.25, 0.3) is 11.4 Å². The fraction of sp³-hybridized carbons (Fsp3) is 0.0667. The van der Waals surface area contributed by atoms with Crippen LogP contribution in [0, 0.1) is 27.2 Å². The van der Waals surface area contributed by atoms with Gasteiger partial charge >= 0.3 is 0 Å². The predicted molar refractivity (Wildman–Crippen MR) is 87.2 cm³/mol. The van der Waals surface area contributed by atoms with E-state index in [9.17, 15) is 20.2 Å². The highest BCUT2D eigenvalue weighted by atomic mass is 16.6. The van der Waals surface area contributed by atoms with Crippen molar-refractivity contribution in [1.29, 1.82) is 0 Å². The molecule has 23 heavy (non-hydrogen) atoms. The zero-order valence-corrected chi connectivity index (χ0v) is 12.2. The molecule has 1 aromatic heterocycles. The van der Waals surface area contributed by atoms with Crippen molar-refractivity contribution in [3.63, 3.8) is 0 Å². The minimum atomic E-state index is -0.439. The number of nitro benzene ring substituents is 2.